The largest absolute Gasteiger partial charge is 0.118 e. The van der Waals surface area contributed by atoms with Gasteiger partial charge in [-0.05, 0) is 37.5 Å². The zero-order valence-corrected chi connectivity index (χ0v) is 8.32. The van der Waals surface area contributed by atoms with Crippen LogP contribution in [0.15, 0.2) is 12.2 Å². The van der Waals surface area contributed by atoms with Gasteiger partial charge in [0, 0.05) is 0 Å². The lowest BCUT2D eigenvalue weighted by molar-refractivity contribution is 0.378. The Morgan fingerprint density at radius 3 is 2.42 bits per heavy atom. The van der Waals surface area contributed by atoms with E-state index in [4.69, 9.17) is 11.6 Å². The summed E-state index contributed by atoms with van der Waals surface area (Å²) in [6, 6.07) is 0. The van der Waals surface area contributed by atoms with Gasteiger partial charge in [-0.2, -0.15) is 0 Å². The Labute approximate surface area is 80.0 Å². The molecule has 0 bridgehead atoms. The molecule has 0 aromatic carbocycles. The minimum atomic E-state index is 0.278. The summed E-state index contributed by atoms with van der Waals surface area (Å²) in [6.07, 6.45) is 8.11. The van der Waals surface area contributed by atoms with E-state index in [0.717, 1.165) is 18.3 Å². The van der Waals surface area contributed by atoms with E-state index in [-0.39, 0.29) is 5.38 Å². The Morgan fingerprint density at radius 2 is 1.83 bits per heavy atom. The van der Waals surface area contributed by atoms with Crippen molar-refractivity contribution in [2.75, 3.05) is 0 Å². The number of hydrogen-bond acceptors (Lipinski definition) is 0. The van der Waals surface area contributed by atoms with E-state index >= 15 is 0 Å². The van der Waals surface area contributed by atoms with Crippen molar-refractivity contribution >= 4 is 11.6 Å². The molecule has 0 aliphatic heterocycles. The Balaban J connectivity index is 1.80. The summed E-state index contributed by atoms with van der Waals surface area (Å²) in [5.41, 5.74) is 1.29. The maximum atomic E-state index is 6.09. The Bertz CT molecular complexity index is 181. The molecule has 2 unspecified atom stereocenters. The molecule has 68 valence electrons. The highest BCUT2D eigenvalue weighted by molar-refractivity contribution is 6.22. The molecule has 1 heteroatoms. The van der Waals surface area contributed by atoms with Crippen molar-refractivity contribution in [3.63, 3.8) is 0 Å². The molecule has 2 atom stereocenters. The standard InChI is InChI=1S/C11H17Cl/c1-8-6-10(4-5-11(8)12)7-9-2-3-9/h9-11H,1-7H2. The van der Waals surface area contributed by atoms with Crippen LogP contribution in [-0.4, -0.2) is 5.38 Å². The molecular weight excluding hydrogens is 168 g/mol. The van der Waals surface area contributed by atoms with Gasteiger partial charge in [0.1, 0.15) is 0 Å². The maximum absolute atomic E-state index is 6.09. The minimum Gasteiger partial charge on any atom is -0.118 e. The van der Waals surface area contributed by atoms with Gasteiger partial charge >= 0.3 is 0 Å². The summed E-state index contributed by atoms with van der Waals surface area (Å²) >= 11 is 6.09. The second-order valence-corrected chi connectivity index (χ2v) is 4.98. The summed E-state index contributed by atoms with van der Waals surface area (Å²) < 4.78 is 0. The van der Waals surface area contributed by atoms with Gasteiger partial charge in [0.05, 0.1) is 5.38 Å². The number of halogens is 1. The lowest BCUT2D eigenvalue weighted by Gasteiger charge is -2.27. The summed E-state index contributed by atoms with van der Waals surface area (Å²) in [7, 11) is 0. The number of allylic oxidation sites excluding steroid dienone is 1. The smallest absolute Gasteiger partial charge is 0.0542 e. The maximum Gasteiger partial charge on any atom is 0.0542 e. The number of alkyl halides is 1. The Hall–Kier alpha value is 0.0300. The van der Waals surface area contributed by atoms with Crippen molar-refractivity contribution in [3.8, 4) is 0 Å². The van der Waals surface area contributed by atoms with E-state index in [0.29, 0.717) is 0 Å². The van der Waals surface area contributed by atoms with Crippen LogP contribution in [-0.2, 0) is 0 Å². The third-order valence-electron chi connectivity index (χ3n) is 3.19. The molecular formula is C11H17Cl. The minimum absolute atomic E-state index is 0.278. The monoisotopic (exact) mass is 184 g/mol. The van der Waals surface area contributed by atoms with Crippen molar-refractivity contribution in [1.29, 1.82) is 0 Å². The van der Waals surface area contributed by atoms with Crippen LogP contribution >= 0.6 is 11.6 Å². The molecule has 2 saturated carbocycles. The van der Waals surface area contributed by atoms with Crippen LogP contribution in [0.3, 0.4) is 0 Å². The van der Waals surface area contributed by atoms with Crippen molar-refractivity contribution in [2.24, 2.45) is 11.8 Å². The SMILES string of the molecule is C=C1CC(CC2CC2)CCC1Cl. The van der Waals surface area contributed by atoms with Crippen LogP contribution in [0.4, 0.5) is 0 Å². The van der Waals surface area contributed by atoms with E-state index < -0.39 is 0 Å². The molecule has 0 heterocycles. The van der Waals surface area contributed by atoms with E-state index in [9.17, 15) is 0 Å². The van der Waals surface area contributed by atoms with Gasteiger partial charge in [-0.3, -0.25) is 0 Å². The van der Waals surface area contributed by atoms with Crippen molar-refractivity contribution in [2.45, 2.75) is 43.9 Å². The van der Waals surface area contributed by atoms with Crippen LogP contribution in [0.2, 0.25) is 0 Å². The van der Waals surface area contributed by atoms with Crippen molar-refractivity contribution < 1.29 is 0 Å². The summed E-state index contributed by atoms with van der Waals surface area (Å²) in [6.45, 7) is 4.04. The summed E-state index contributed by atoms with van der Waals surface area (Å²) in [4.78, 5) is 0. The van der Waals surface area contributed by atoms with Gasteiger partial charge in [-0.15, -0.1) is 11.6 Å². The topological polar surface area (TPSA) is 0 Å². The van der Waals surface area contributed by atoms with Crippen molar-refractivity contribution in [1.82, 2.24) is 0 Å². The van der Waals surface area contributed by atoms with Crippen LogP contribution in [0.25, 0.3) is 0 Å². The quantitative estimate of drug-likeness (QED) is 0.453. The Morgan fingerprint density at radius 1 is 1.17 bits per heavy atom. The van der Waals surface area contributed by atoms with Gasteiger partial charge in [-0.25, -0.2) is 0 Å². The molecule has 0 saturated heterocycles. The fourth-order valence-corrected chi connectivity index (χ4v) is 2.43. The molecule has 0 aromatic rings. The molecule has 0 nitrogen and oxygen atoms in total. The average Bonchev–Trinajstić information content (AvgIpc) is 2.81. The first-order chi connectivity index (χ1) is 5.75. The Kier molecular flexibility index (Phi) is 2.45. The normalized spacial score (nSPS) is 36.9. The molecule has 2 fully saturated rings. The second kappa shape index (κ2) is 3.41. The highest BCUT2D eigenvalue weighted by Crippen LogP contribution is 2.41. The number of rotatable bonds is 2. The first-order valence-electron chi connectivity index (χ1n) is 5.07. The fraction of sp³-hybridized carbons (Fsp3) is 0.818. The van der Waals surface area contributed by atoms with Crippen molar-refractivity contribution in [3.05, 3.63) is 12.2 Å². The molecule has 0 radical (unpaired) electrons. The van der Waals surface area contributed by atoms with E-state index in [2.05, 4.69) is 6.58 Å². The van der Waals surface area contributed by atoms with Crippen LogP contribution in [0.1, 0.15) is 38.5 Å². The third kappa shape index (κ3) is 2.04. The first-order valence-corrected chi connectivity index (χ1v) is 5.51. The van der Waals surface area contributed by atoms with Gasteiger partial charge in [0.15, 0.2) is 0 Å². The van der Waals surface area contributed by atoms with E-state index in [1.54, 1.807) is 0 Å². The van der Waals surface area contributed by atoms with E-state index in [1.165, 1.54) is 37.7 Å². The number of hydrogen-bond donors (Lipinski definition) is 0. The van der Waals surface area contributed by atoms with Gasteiger partial charge in [0.25, 0.3) is 0 Å². The molecule has 0 aromatic heterocycles. The molecule has 2 rings (SSSR count). The predicted octanol–water partition coefficient (Wildman–Crippen LogP) is 3.75. The summed E-state index contributed by atoms with van der Waals surface area (Å²) in [5.74, 6) is 1.98. The molecule has 0 N–H and O–H groups in total. The van der Waals surface area contributed by atoms with E-state index in [1.807, 2.05) is 0 Å². The van der Waals surface area contributed by atoms with Crippen LogP contribution in [0.5, 0.6) is 0 Å². The zero-order chi connectivity index (χ0) is 8.55. The molecule has 2 aliphatic rings. The second-order valence-electron chi connectivity index (χ2n) is 4.45. The molecule has 2 aliphatic carbocycles. The highest BCUT2D eigenvalue weighted by atomic mass is 35.5. The van der Waals surface area contributed by atoms with Crippen LogP contribution < -0.4 is 0 Å². The fourth-order valence-electron chi connectivity index (χ4n) is 2.21. The van der Waals surface area contributed by atoms with Gasteiger partial charge in [-0.1, -0.05) is 25.0 Å². The lowest BCUT2D eigenvalue weighted by atomic mass is 9.83. The first kappa shape index (κ1) is 8.62. The van der Waals surface area contributed by atoms with Gasteiger partial charge < -0.3 is 0 Å². The zero-order valence-electron chi connectivity index (χ0n) is 7.56. The molecule has 0 amide bonds. The van der Waals surface area contributed by atoms with Crippen LogP contribution in [0, 0.1) is 11.8 Å². The predicted molar refractivity (Wildman–Crippen MR) is 53.5 cm³/mol. The highest BCUT2D eigenvalue weighted by Gasteiger charge is 2.29. The lowest BCUT2D eigenvalue weighted by Crippen LogP contribution is -2.17. The third-order valence-corrected chi connectivity index (χ3v) is 3.71. The molecule has 0 spiro atoms. The summed E-state index contributed by atoms with van der Waals surface area (Å²) in [5, 5.41) is 0.278. The van der Waals surface area contributed by atoms with Gasteiger partial charge in [0.2, 0.25) is 0 Å². The molecule has 12 heavy (non-hydrogen) atoms. The average molecular weight is 185 g/mol.